The van der Waals surface area contributed by atoms with Crippen molar-refractivity contribution >= 4 is 33.0 Å². The molecule has 0 spiro atoms. The Labute approximate surface area is 221 Å². The molecule has 0 atom stereocenters. The maximum absolute atomic E-state index is 12.4. The standard InChI is InChI=1S/C28H40ClN3O3S/c1-27(2,3)36(34,35)31-25-10-4-21(5-11-25)20-30-24-12-14-26(15-13-24)32-18-16-28(33,17-19-32)22-6-8-23(29)9-7-22/h6-9,12-15,21,25,30-31,33H,4-5,10-11,16-20H2,1-3H3/t21-,25-. The summed E-state index contributed by atoms with van der Waals surface area (Å²) in [5.74, 6) is 0.549. The number of sulfonamides is 1. The molecule has 2 aromatic rings. The Morgan fingerprint density at radius 2 is 1.56 bits per heavy atom. The molecule has 36 heavy (non-hydrogen) atoms. The van der Waals surface area contributed by atoms with E-state index in [1.807, 2.05) is 24.3 Å². The van der Waals surface area contributed by atoms with Gasteiger partial charge in [0.25, 0.3) is 0 Å². The minimum Gasteiger partial charge on any atom is -0.385 e. The Kier molecular flexibility index (Phi) is 8.25. The van der Waals surface area contributed by atoms with E-state index in [2.05, 4.69) is 39.2 Å². The number of piperidine rings is 1. The Balaban J connectivity index is 1.22. The lowest BCUT2D eigenvalue weighted by Gasteiger charge is -2.39. The summed E-state index contributed by atoms with van der Waals surface area (Å²) < 4.78 is 27.0. The van der Waals surface area contributed by atoms with Gasteiger partial charge < -0.3 is 15.3 Å². The average Bonchev–Trinajstić information content (AvgIpc) is 2.84. The molecule has 198 valence electrons. The first-order chi connectivity index (χ1) is 17.0. The quantitative estimate of drug-likeness (QED) is 0.437. The summed E-state index contributed by atoms with van der Waals surface area (Å²) in [6.07, 6.45) is 5.18. The summed E-state index contributed by atoms with van der Waals surface area (Å²) in [5.41, 5.74) is 2.41. The van der Waals surface area contributed by atoms with E-state index in [1.165, 1.54) is 5.69 Å². The number of rotatable bonds is 7. The van der Waals surface area contributed by atoms with E-state index in [1.54, 1.807) is 20.8 Å². The first-order valence-corrected chi connectivity index (χ1v) is 14.9. The molecule has 4 rings (SSSR count). The van der Waals surface area contributed by atoms with E-state index in [0.717, 1.165) is 56.6 Å². The fourth-order valence-electron chi connectivity index (χ4n) is 5.12. The molecule has 2 aliphatic rings. The topological polar surface area (TPSA) is 81.7 Å². The predicted molar refractivity (Wildman–Crippen MR) is 149 cm³/mol. The molecule has 1 aliphatic heterocycles. The zero-order valence-corrected chi connectivity index (χ0v) is 23.2. The lowest BCUT2D eigenvalue weighted by Crippen LogP contribution is -2.46. The maximum atomic E-state index is 12.4. The zero-order chi connectivity index (χ0) is 26.0. The molecule has 0 bridgehead atoms. The lowest BCUT2D eigenvalue weighted by molar-refractivity contribution is 0.0118. The van der Waals surface area contributed by atoms with E-state index in [9.17, 15) is 13.5 Å². The van der Waals surface area contributed by atoms with Gasteiger partial charge in [-0.1, -0.05) is 23.7 Å². The second-order valence-corrected chi connectivity index (χ2v) is 14.3. The number of benzene rings is 2. The van der Waals surface area contributed by atoms with Crippen LogP contribution < -0.4 is 14.9 Å². The van der Waals surface area contributed by atoms with Gasteiger partial charge in [-0.3, -0.25) is 0 Å². The molecular weight excluding hydrogens is 494 g/mol. The molecule has 2 aromatic carbocycles. The van der Waals surface area contributed by atoms with Gasteiger partial charge in [0.1, 0.15) is 0 Å². The third-order valence-electron chi connectivity index (χ3n) is 7.77. The molecule has 1 aliphatic carbocycles. The molecule has 0 unspecified atom stereocenters. The van der Waals surface area contributed by atoms with Gasteiger partial charge in [-0.05, 0) is 107 Å². The summed E-state index contributed by atoms with van der Waals surface area (Å²) >= 11 is 6.00. The van der Waals surface area contributed by atoms with Crippen molar-refractivity contribution in [1.82, 2.24) is 4.72 Å². The molecular formula is C28H40ClN3O3S. The fraction of sp³-hybridized carbons (Fsp3) is 0.571. The number of hydrogen-bond donors (Lipinski definition) is 3. The van der Waals surface area contributed by atoms with Crippen LogP contribution in [-0.4, -0.2) is 43.9 Å². The van der Waals surface area contributed by atoms with Gasteiger partial charge in [0.2, 0.25) is 10.0 Å². The van der Waals surface area contributed by atoms with Gasteiger partial charge in [0.15, 0.2) is 0 Å². The molecule has 1 heterocycles. The highest BCUT2D eigenvalue weighted by atomic mass is 35.5. The monoisotopic (exact) mass is 533 g/mol. The number of aliphatic hydroxyl groups is 1. The van der Waals surface area contributed by atoms with Crippen LogP contribution in [0, 0.1) is 5.92 Å². The first-order valence-electron chi connectivity index (χ1n) is 13.0. The normalized spacial score (nSPS) is 22.9. The molecule has 0 radical (unpaired) electrons. The smallest absolute Gasteiger partial charge is 0.216 e. The van der Waals surface area contributed by atoms with Gasteiger partial charge in [0, 0.05) is 42.1 Å². The number of nitrogens with zero attached hydrogens (tertiary/aromatic N) is 1. The molecule has 1 saturated heterocycles. The molecule has 0 aromatic heterocycles. The van der Waals surface area contributed by atoms with Crippen LogP contribution in [0.4, 0.5) is 11.4 Å². The van der Waals surface area contributed by atoms with Crippen LogP contribution in [0.15, 0.2) is 48.5 Å². The zero-order valence-electron chi connectivity index (χ0n) is 21.6. The van der Waals surface area contributed by atoms with Crippen molar-refractivity contribution in [1.29, 1.82) is 0 Å². The van der Waals surface area contributed by atoms with E-state index in [4.69, 9.17) is 11.6 Å². The third kappa shape index (κ3) is 6.55. The van der Waals surface area contributed by atoms with Gasteiger partial charge >= 0.3 is 0 Å². The SMILES string of the molecule is CC(C)(C)S(=O)(=O)N[C@H]1CC[C@H](CNc2ccc(N3CCC(O)(c4ccc(Cl)cc4)CC3)cc2)CC1. The van der Waals surface area contributed by atoms with Crippen LogP contribution in [0.1, 0.15) is 64.9 Å². The number of hydrogen-bond acceptors (Lipinski definition) is 5. The molecule has 0 amide bonds. The highest BCUT2D eigenvalue weighted by molar-refractivity contribution is 7.90. The van der Waals surface area contributed by atoms with Crippen LogP contribution in [0.3, 0.4) is 0 Å². The average molecular weight is 534 g/mol. The van der Waals surface area contributed by atoms with Gasteiger partial charge in [-0.2, -0.15) is 0 Å². The number of halogens is 1. The van der Waals surface area contributed by atoms with Crippen molar-refractivity contribution < 1.29 is 13.5 Å². The molecule has 6 nitrogen and oxygen atoms in total. The van der Waals surface area contributed by atoms with E-state index >= 15 is 0 Å². The minimum atomic E-state index is -3.29. The minimum absolute atomic E-state index is 0.0478. The van der Waals surface area contributed by atoms with Crippen molar-refractivity contribution in [3.8, 4) is 0 Å². The summed E-state index contributed by atoms with van der Waals surface area (Å²) in [5, 5.41) is 15.4. The van der Waals surface area contributed by atoms with E-state index in [-0.39, 0.29) is 6.04 Å². The molecule has 2 fully saturated rings. The van der Waals surface area contributed by atoms with Crippen LogP contribution in [0.25, 0.3) is 0 Å². The summed E-state index contributed by atoms with van der Waals surface area (Å²) in [7, 11) is -3.29. The Morgan fingerprint density at radius 3 is 2.11 bits per heavy atom. The molecule has 8 heteroatoms. The summed E-state index contributed by atoms with van der Waals surface area (Å²) in [6, 6.07) is 16.1. The van der Waals surface area contributed by atoms with Gasteiger partial charge in [-0.15, -0.1) is 0 Å². The highest BCUT2D eigenvalue weighted by Gasteiger charge is 2.34. The Morgan fingerprint density at radius 1 is 0.972 bits per heavy atom. The maximum Gasteiger partial charge on any atom is 0.216 e. The van der Waals surface area contributed by atoms with Crippen LogP contribution >= 0.6 is 11.6 Å². The fourth-order valence-corrected chi connectivity index (χ4v) is 6.27. The Bertz CT molecular complexity index is 1100. The number of nitrogens with one attached hydrogen (secondary N) is 2. The van der Waals surface area contributed by atoms with Crippen LogP contribution in [-0.2, 0) is 15.6 Å². The largest absolute Gasteiger partial charge is 0.385 e. The molecule has 3 N–H and O–H groups in total. The van der Waals surface area contributed by atoms with Crippen molar-refractivity contribution in [2.24, 2.45) is 5.92 Å². The van der Waals surface area contributed by atoms with Crippen molar-refractivity contribution in [2.75, 3.05) is 29.9 Å². The molecule has 1 saturated carbocycles. The predicted octanol–water partition coefficient (Wildman–Crippen LogP) is 5.52. The first kappa shape index (κ1) is 27.2. The van der Waals surface area contributed by atoms with Crippen LogP contribution in [0.5, 0.6) is 0 Å². The van der Waals surface area contributed by atoms with E-state index < -0.39 is 20.4 Å². The van der Waals surface area contributed by atoms with Crippen molar-refractivity contribution in [3.05, 3.63) is 59.1 Å². The van der Waals surface area contributed by atoms with Crippen molar-refractivity contribution in [2.45, 2.75) is 75.7 Å². The summed E-state index contributed by atoms with van der Waals surface area (Å²) in [4.78, 5) is 2.33. The second-order valence-electron chi connectivity index (χ2n) is 11.4. The third-order valence-corrected chi connectivity index (χ3v) is 10.3. The lowest BCUT2D eigenvalue weighted by atomic mass is 9.84. The summed E-state index contributed by atoms with van der Waals surface area (Å²) in [6.45, 7) is 7.71. The van der Waals surface area contributed by atoms with E-state index in [0.29, 0.717) is 23.8 Å². The highest BCUT2D eigenvalue weighted by Crippen LogP contribution is 2.35. The Hall–Kier alpha value is -1.80. The number of anilines is 2. The second kappa shape index (κ2) is 10.9. The van der Waals surface area contributed by atoms with Gasteiger partial charge in [0.05, 0.1) is 10.3 Å². The van der Waals surface area contributed by atoms with Gasteiger partial charge in [-0.25, -0.2) is 13.1 Å². The van der Waals surface area contributed by atoms with Crippen LogP contribution in [0.2, 0.25) is 5.02 Å². The van der Waals surface area contributed by atoms with Crippen molar-refractivity contribution in [3.63, 3.8) is 0 Å².